The van der Waals surface area contributed by atoms with Crippen LogP contribution in [-0.4, -0.2) is 190 Å². The fourth-order valence-electron chi connectivity index (χ4n) is 16.6. The number of hydrogen-bond donors (Lipinski definition) is 1. The number of aromatic nitrogens is 19. The van der Waals surface area contributed by atoms with Crippen LogP contribution in [0, 0.1) is 27.7 Å². The van der Waals surface area contributed by atoms with Crippen LogP contribution < -0.4 is 32.5 Å². The van der Waals surface area contributed by atoms with Gasteiger partial charge in [0.15, 0.2) is 11.3 Å². The second-order valence-electron chi connectivity index (χ2n) is 32.2. The SMILES string of the molecule is CN1CCC(c2cn3c(=O)cc(-c4ccc5nn(C)cc5c4)nc3cn2)CC1.Cc1cn2cc(-c3cc(=O)n4cc(C5=CCN(C(C)C)CC5)ccc4n3)ccc2n1.Cc1cn2nc(-c3cc(=O)n4cc(N5C[C@@H](C)N(C)[C@@H](C)C5)cc(C)c4n3)cc2c(C)n1.Cn1cc2cc(-c3cc(=O)n4cc(C5CCNCC5)ncc4n3)ccc2n1. The third-order valence-electron chi connectivity index (χ3n) is 23.4. The first-order chi connectivity index (χ1) is 56.4. The molecule has 0 unspecified atom stereocenters. The minimum atomic E-state index is -0.103. The molecule has 16 aromatic rings. The monoisotopic (exact) mass is 1560 g/mol. The van der Waals surface area contributed by atoms with E-state index in [4.69, 9.17) is 9.97 Å². The highest BCUT2D eigenvalue weighted by Crippen LogP contribution is 2.32. The molecule has 4 aliphatic rings. The molecule has 14 aromatic heterocycles. The van der Waals surface area contributed by atoms with Gasteiger partial charge in [0, 0.05) is 172 Å². The van der Waals surface area contributed by atoms with Crippen molar-refractivity contribution in [3.8, 4) is 45.2 Å². The van der Waals surface area contributed by atoms with E-state index >= 15 is 0 Å². The van der Waals surface area contributed by atoms with E-state index in [0.717, 1.165) is 179 Å². The van der Waals surface area contributed by atoms with Gasteiger partial charge in [0.2, 0.25) is 0 Å². The number of nitrogens with zero attached hydrogens (tertiary/aromatic N) is 23. The molecule has 28 heteroatoms. The maximum Gasteiger partial charge on any atom is 0.258 e. The second-order valence-corrected chi connectivity index (χ2v) is 32.2. The summed E-state index contributed by atoms with van der Waals surface area (Å²) in [6.07, 6.45) is 28.3. The van der Waals surface area contributed by atoms with Crippen LogP contribution in [0.2, 0.25) is 0 Å². The van der Waals surface area contributed by atoms with Gasteiger partial charge in [-0.25, -0.2) is 29.4 Å². The Labute approximate surface area is 674 Å². The standard InChI is InChI=1S/C24H29N7O.C24H25N5O.C21H22N6O.C20H20N6O/c1-14-7-19(29-11-16(3)28(6)17(4)12-29)13-30-23(32)9-20(26-24(14)30)21-8-22-18(5)25-15(2)10-31(22)27-21;1-16(2)27-10-8-18(9-11-27)19-4-7-23-26-21(12-24(30)29(23)15-19)20-5-6-22-25-17(3)13-28(22)14-20;1-25-7-5-14(6-8-25)19-13-27-20(11-22-19)23-18(10-21(27)28)15-3-4-17-16(9-15)12-26(2)24-17;1-25-11-15-8-14(2-3-16(15)24-25)17-9-20(27)26-12-18(22-10-19(26)23-17)13-4-6-21-7-5-13/h7-10,13,16-17H,11-12H2,1-6H3;4-8,12-16H,9-11H2,1-3H3;3-4,9-14H,5-8H2,1-2H3;2-3,8-13,21H,4-7H2,1H3/t16-,17+;;;. The Balaban J connectivity index is 0.000000112. The van der Waals surface area contributed by atoms with Crippen LogP contribution in [0.3, 0.4) is 0 Å². The van der Waals surface area contributed by atoms with Crippen molar-refractivity contribution in [1.82, 2.24) is 111 Å². The average Bonchev–Trinajstić information content (AvgIpc) is 1.75. The molecule has 3 saturated heterocycles. The summed E-state index contributed by atoms with van der Waals surface area (Å²) in [6, 6.07) is 31.7. The lowest BCUT2D eigenvalue weighted by molar-refractivity contribution is 0.170. The molecule has 2 aromatic carbocycles. The predicted octanol–water partition coefficient (Wildman–Crippen LogP) is 11.2. The largest absolute Gasteiger partial charge is 0.367 e. The Morgan fingerprint density at radius 3 is 1.62 bits per heavy atom. The lowest BCUT2D eigenvalue weighted by Gasteiger charge is -2.43. The molecule has 4 aliphatic heterocycles. The number of piperazine rings is 1. The molecule has 596 valence electrons. The highest BCUT2D eigenvalue weighted by Gasteiger charge is 2.29. The fourth-order valence-corrected chi connectivity index (χ4v) is 16.6. The van der Waals surface area contributed by atoms with Gasteiger partial charge in [-0.3, -0.25) is 70.9 Å². The van der Waals surface area contributed by atoms with Crippen LogP contribution in [0.15, 0.2) is 190 Å². The van der Waals surface area contributed by atoms with Crippen molar-refractivity contribution in [2.45, 2.75) is 117 Å². The summed E-state index contributed by atoms with van der Waals surface area (Å²) in [5.74, 6) is 0.801. The van der Waals surface area contributed by atoms with E-state index in [1.807, 2.05) is 167 Å². The summed E-state index contributed by atoms with van der Waals surface area (Å²) in [5.41, 5.74) is 20.8. The number of aryl methyl sites for hydroxylation is 6. The minimum Gasteiger partial charge on any atom is -0.367 e. The van der Waals surface area contributed by atoms with E-state index in [1.54, 1.807) is 63.6 Å². The van der Waals surface area contributed by atoms with Crippen molar-refractivity contribution >= 4 is 66.8 Å². The van der Waals surface area contributed by atoms with Gasteiger partial charge in [-0.1, -0.05) is 18.2 Å². The molecule has 0 bridgehead atoms. The summed E-state index contributed by atoms with van der Waals surface area (Å²) in [5, 5.41) is 18.8. The highest BCUT2D eigenvalue weighted by atomic mass is 16.1. The summed E-state index contributed by atoms with van der Waals surface area (Å²) in [4.78, 5) is 98.2. The first-order valence-corrected chi connectivity index (χ1v) is 40.3. The Hall–Kier alpha value is -12.6. The molecule has 0 spiro atoms. The van der Waals surface area contributed by atoms with E-state index in [9.17, 15) is 19.2 Å². The lowest BCUT2D eigenvalue weighted by atomic mass is 9.94. The number of pyridine rings is 3. The van der Waals surface area contributed by atoms with Crippen LogP contribution in [0.1, 0.15) is 111 Å². The van der Waals surface area contributed by atoms with Crippen molar-refractivity contribution in [2.75, 3.05) is 71.4 Å². The normalized spacial score (nSPS) is 16.8. The molecular formula is C89H96N24O4. The molecular weight excluding hydrogens is 1470 g/mol. The number of rotatable bonds is 9. The maximum absolute atomic E-state index is 13.1. The number of imidazole rings is 1. The molecule has 1 N–H and O–H groups in total. The van der Waals surface area contributed by atoms with E-state index in [0.29, 0.717) is 81.0 Å². The number of piperidine rings is 2. The quantitative estimate of drug-likeness (QED) is 0.141. The number of hydrogen-bond acceptors (Lipinski definition) is 20. The van der Waals surface area contributed by atoms with Crippen LogP contribution in [0.25, 0.3) is 106 Å². The van der Waals surface area contributed by atoms with Crippen molar-refractivity contribution in [2.24, 2.45) is 14.1 Å². The molecule has 0 radical (unpaired) electrons. The van der Waals surface area contributed by atoms with Gasteiger partial charge in [-0.05, 0) is 205 Å². The van der Waals surface area contributed by atoms with Gasteiger partial charge in [0.1, 0.15) is 22.6 Å². The van der Waals surface area contributed by atoms with Crippen molar-refractivity contribution in [3.63, 3.8) is 0 Å². The molecule has 3 fully saturated rings. The molecule has 117 heavy (non-hydrogen) atoms. The molecule has 0 saturated carbocycles. The summed E-state index contributed by atoms with van der Waals surface area (Å²) < 4.78 is 13.9. The van der Waals surface area contributed by atoms with Crippen LogP contribution >= 0.6 is 0 Å². The summed E-state index contributed by atoms with van der Waals surface area (Å²) in [6.45, 7) is 24.8. The third-order valence-corrected chi connectivity index (χ3v) is 23.4. The Kier molecular flexibility index (Phi) is 21.0. The fraction of sp³-hybridized carbons (Fsp3) is 0.337. The van der Waals surface area contributed by atoms with Crippen LogP contribution in [0.5, 0.6) is 0 Å². The zero-order valence-electron chi connectivity index (χ0n) is 68.2. The summed E-state index contributed by atoms with van der Waals surface area (Å²) >= 11 is 0. The van der Waals surface area contributed by atoms with Crippen LogP contribution in [0.4, 0.5) is 5.69 Å². The number of benzene rings is 2. The zero-order valence-corrected chi connectivity index (χ0v) is 68.2. The van der Waals surface area contributed by atoms with E-state index < -0.39 is 0 Å². The van der Waals surface area contributed by atoms with Gasteiger partial charge >= 0.3 is 0 Å². The Morgan fingerprint density at radius 1 is 0.470 bits per heavy atom. The Bertz CT molecular complexity index is 6790. The second kappa shape index (κ2) is 31.9. The van der Waals surface area contributed by atoms with Crippen molar-refractivity contribution < 1.29 is 0 Å². The number of likely N-dealkylation sites (N-methyl/N-ethyl adjacent to an activating group) is 1. The van der Waals surface area contributed by atoms with E-state index in [2.05, 4.69) is 130 Å². The predicted molar refractivity (Wildman–Crippen MR) is 458 cm³/mol. The number of anilines is 1. The van der Waals surface area contributed by atoms with Gasteiger partial charge in [-0.15, -0.1) is 0 Å². The van der Waals surface area contributed by atoms with Gasteiger partial charge < -0.3 is 19.5 Å². The highest BCUT2D eigenvalue weighted by molar-refractivity contribution is 5.85. The topological polar surface area (TPSA) is 271 Å². The van der Waals surface area contributed by atoms with Gasteiger partial charge in [0.25, 0.3) is 22.2 Å². The number of likely N-dealkylation sites (tertiary alicyclic amines) is 1. The van der Waals surface area contributed by atoms with E-state index in [1.165, 1.54) is 5.57 Å². The molecule has 20 rings (SSSR count). The van der Waals surface area contributed by atoms with Crippen LogP contribution in [-0.2, 0) is 14.1 Å². The molecule has 0 aliphatic carbocycles. The summed E-state index contributed by atoms with van der Waals surface area (Å²) in [7, 11) is 8.11. The maximum atomic E-state index is 13.1. The third kappa shape index (κ3) is 16.0. The minimum absolute atomic E-state index is 0.0704. The van der Waals surface area contributed by atoms with E-state index in [-0.39, 0.29) is 22.2 Å². The van der Waals surface area contributed by atoms with Gasteiger partial charge in [0.05, 0.1) is 92.1 Å². The van der Waals surface area contributed by atoms with Crippen molar-refractivity contribution in [1.29, 1.82) is 0 Å². The zero-order chi connectivity index (χ0) is 81.2. The lowest BCUT2D eigenvalue weighted by Crippen LogP contribution is -2.55. The Morgan fingerprint density at radius 2 is 1.02 bits per heavy atom. The molecule has 28 nitrogen and oxygen atoms in total. The molecule has 2 atom stereocenters. The smallest absolute Gasteiger partial charge is 0.258 e. The van der Waals surface area contributed by atoms with Gasteiger partial charge in [-0.2, -0.15) is 15.3 Å². The first kappa shape index (κ1) is 77.0. The first-order valence-electron chi connectivity index (χ1n) is 40.3. The molecule has 0 amide bonds. The molecule has 18 heterocycles. The van der Waals surface area contributed by atoms with Crippen molar-refractivity contribution in [3.05, 3.63) is 252 Å². The number of fused-ring (bicyclic) bond motifs is 8. The number of nitrogens with one attached hydrogen (secondary N) is 1. The average molecular weight is 1570 g/mol.